The summed E-state index contributed by atoms with van der Waals surface area (Å²) in [7, 11) is 1.59. The van der Waals surface area contributed by atoms with Crippen molar-refractivity contribution < 1.29 is 9.15 Å². The minimum atomic E-state index is 0.240. The Kier molecular flexibility index (Phi) is 4.78. The SMILES string of the molecule is COc1ccccc1-c1nc(C#N)c(NCCc2ccccc2)o1. The van der Waals surface area contributed by atoms with Gasteiger partial charge in [0.25, 0.3) is 0 Å². The minimum Gasteiger partial charge on any atom is -0.496 e. The maximum atomic E-state index is 9.28. The number of para-hydroxylation sites is 1. The van der Waals surface area contributed by atoms with E-state index in [9.17, 15) is 5.26 Å². The zero-order valence-corrected chi connectivity index (χ0v) is 13.3. The van der Waals surface area contributed by atoms with Crippen molar-refractivity contribution in [1.82, 2.24) is 4.98 Å². The maximum Gasteiger partial charge on any atom is 0.233 e. The van der Waals surface area contributed by atoms with Gasteiger partial charge in [0.15, 0.2) is 0 Å². The van der Waals surface area contributed by atoms with Gasteiger partial charge >= 0.3 is 0 Å². The van der Waals surface area contributed by atoms with Crippen molar-refractivity contribution in [3.63, 3.8) is 0 Å². The van der Waals surface area contributed by atoms with Crippen molar-refractivity contribution in [1.29, 1.82) is 5.26 Å². The topological polar surface area (TPSA) is 71.1 Å². The van der Waals surface area contributed by atoms with Crippen LogP contribution < -0.4 is 10.1 Å². The first-order valence-electron chi connectivity index (χ1n) is 7.64. The highest BCUT2D eigenvalue weighted by Crippen LogP contribution is 2.31. The highest BCUT2D eigenvalue weighted by Gasteiger charge is 2.16. The van der Waals surface area contributed by atoms with Gasteiger partial charge in [0.2, 0.25) is 17.5 Å². The predicted octanol–water partition coefficient (Wildman–Crippen LogP) is 3.88. The lowest BCUT2D eigenvalue weighted by Crippen LogP contribution is -2.05. The van der Waals surface area contributed by atoms with Gasteiger partial charge in [-0.05, 0) is 24.1 Å². The molecule has 0 atom stereocenters. The molecule has 0 bridgehead atoms. The van der Waals surface area contributed by atoms with E-state index in [4.69, 9.17) is 9.15 Å². The number of nitrogens with one attached hydrogen (secondary N) is 1. The monoisotopic (exact) mass is 319 g/mol. The molecule has 0 fully saturated rings. The fraction of sp³-hybridized carbons (Fsp3) is 0.158. The normalized spacial score (nSPS) is 10.2. The Labute approximate surface area is 140 Å². The Morgan fingerprint density at radius 1 is 1.12 bits per heavy atom. The van der Waals surface area contributed by atoms with Gasteiger partial charge in [-0.1, -0.05) is 42.5 Å². The number of methoxy groups -OCH3 is 1. The highest BCUT2D eigenvalue weighted by molar-refractivity contribution is 5.65. The van der Waals surface area contributed by atoms with Gasteiger partial charge in [0.05, 0.1) is 12.7 Å². The largest absolute Gasteiger partial charge is 0.496 e. The lowest BCUT2D eigenvalue weighted by atomic mass is 10.1. The first-order chi connectivity index (χ1) is 11.8. The van der Waals surface area contributed by atoms with Crippen LogP contribution in [0.1, 0.15) is 11.3 Å². The van der Waals surface area contributed by atoms with Crippen LogP contribution in [0, 0.1) is 11.3 Å². The fourth-order valence-electron chi connectivity index (χ4n) is 2.42. The lowest BCUT2D eigenvalue weighted by molar-refractivity contribution is 0.414. The number of nitriles is 1. The first-order valence-corrected chi connectivity index (χ1v) is 7.64. The zero-order chi connectivity index (χ0) is 16.8. The van der Waals surface area contributed by atoms with E-state index in [0.717, 1.165) is 6.42 Å². The number of oxazole rings is 1. The van der Waals surface area contributed by atoms with Crippen LogP contribution in [-0.4, -0.2) is 18.6 Å². The summed E-state index contributed by atoms with van der Waals surface area (Å²) in [4.78, 5) is 4.26. The van der Waals surface area contributed by atoms with Crippen molar-refractivity contribution in [3.05, 3.63) is 65.9 Å². The molecule has 3 rings (SSSR count). The molecule has 120 valence electrons. The molecule has 3 aromatic rings. The molecule has 0 saturated heterocycles. The lowest BCUT2D eigenvalue weighted by Gasteiger charge is -2.04. The number of hydrogen-bond acceptors (Lipinski definition) is 5. The Morgan fingerprint density at radius 2 is 1.88 bits per heavy atom. The van der Waals surface area contributed by atoms with Gasteiger partial charge in [-0.2, -0.15) is 10.2 Å². The van der Waals surface area contributed by atoms with E-state index in [0.29, 0.717) is 29.6 Å². The standard InChI is InChI=1S/C19H17N3O2/c1-23-17-10-6-5-9-15(17)18-22-16(13-20)19(24-18)21-12-11-14-7-3-2-4-8-14/h2-10,21H,11-12H2,1H3. The molecule has 5 heteroatoms. The van der Waals surface area contributed by atoms with Crippen molar-refractivity contribution in [2.24, 2.45) is 0 Å². The number of nitrogens with zero attached hydrogens (tertiary/aromatic N) is 2. The summed E-state index contributed by atoms with van der Waals surface area (Å²) in [6, 6.07) is 19.6. The van der Waals surface area contributed by atoms with E-state index in [1.165, 1.54) is 5.56 Å². The van der Waals surface area contributed by atoms with Crippen LogP contribution in [0.4, 0.5) is 5.88 Å². The van der Waals surface area contributed by atoms with Crippen molar-refractivity contribution in [2.45, 2.75) is 6.42 Å². The average molecular weight is 319 g/mol. The first kappa shape index (κ1) is 15.6. The van der Waals surface area contributed by atoms with E-state index in [2.05, 4.69) is 28.5 Å². The van der Waals surface area contributed by atoms with E-state index in [-0.39, 0.29) is 5.69 Å². The van der Waals surface area contributed by atoms with E-state index >= 15 is 0 Å². The second kappa shape index (κ2) is 7.34. The van der Waals surface area contributed by atoms with Gasteiger partial charge in [0, 0.05) is 6.54 Å². The van der Waals surface area contributed by atoms with Gasteiger partial charge in [-0.25, -0.2) is 0 Å². The summed E-state index contributed by atoms with van der Waals surface area (Å²) in [5, 5.41) is 12.4. The highest BCUT2D eigenvalue weighted by atomic mass is 16.5. The number of hydrogen-bond donors (Lipinski definition) is 1. The second-order valence-electron chi connectivity index (χ2n) is 5.17. The third-order valence-electron chi connectivity index (χ3n) is 3.61. The molecule has 24 heavy (non-hydrogen) atoms. The van der Waals surface area contributed by atoms with Crippen LogP contribution in [0.25, 0.3) is 11.5 Å². The molecule has 0 unspecified atom stereocenters. The molecule has 1 N–H and O–H groups in total. The van der Waals surface area contributed by atoms with Crippen molar-refractivity contribution in [2.75, 3.05) is 19.0 Å². The van der Waals surface area contributed by atoms with Gasteiger partial charge < -0.3 is 14.5 Å². The molecule has 0 aliphatic carbocycles. The number of ether oxygens (including phenoxy) is 1. The Hall–Kier alpha value is -3.26. The molecule has 0 radical (unpaired) electrons. The molecular weight excluding hydrogens is 302 g/mol. The molecule has 5 nitrogen and oxygen atoms in total. The molecule has 0 spiro atoms. The molecule has 0 saturated carbocycles. The number of anilines is 1. The molecule has 2 aromatic carbocycles. The molecule has 1 heterocycles. The fourth-order valence-corrected chi connectivity index (χ4v) is 2.42. The Morgan fingerprint density at radius 3 is 2.62 bits per heavy atom. The molecule has 1 aromatic heterocycles. The summed E-state index contributed by atoms with van der Waals surface area (Å²) in [6.07, 6.45) is 0.830. The molecule has 0 aliphatic heterocycles. The zero-order valence-electron chi connectivity index (χ0n) is 13.3. The number of aromatic nitrogens is 1. The summed E-state index contributed by atoms with van der Waals surface area (Å²) >= 11 is 0. The number of rotatable bonds is 6. The minimum absolute atomic E-state index is 0.240. The van der Waals surface area contributed by atoms with Gasteiger partial charge in [-0.15, -0.1) is 0 Å². The van der Waals surface area contributed by atoms with E-state index in [1.807, 2.05) is 42.5 Å². The molecule has 0 amide bonds. The Balaban J connectivity index is 1.77. The average Bonchev–Trinajstić information content (AvgIpc) is 3.05. The third kappa shape index (κ3) is 3.39. The maximum absolute atomic E-state index is 9.28. The van der Waals surface area contributed by atoms with Crippen LogP contribution >= 0.6 is 0 Å². The van der Waals surface area contributed by atoms with Crippen LogP contribution in [0.2, 0.25) is 0 Å². The number of benzene rings is 2. The van der Waals surface area contributed by atoms with Crippen molar-refractivity contribution in [3.8, 4) is 23.3 Å². The second-order valence-corrected chi connectivity index (χ2v) is 5.17. The summed E-state index contributed by atoms with van der Waals surface area (Å²) in [5.41, 5.74) is 2.17. The van der Waals surface area contributed by atoms with Crippen LogP contribution in [0.3, 0.4) is 0 Å². The third-order valence-corrected chi connectivity index (χ3v) is 3.61. The van der Waals surface area contributed by atoms with Gasteiger partial charge in [0.1, 0.15) is 11.8 Å². The summed E-state index contributed by atoms with van der Waals surface area (Å²) < 4.78 is 11.1. The molecule has 0 aliphatic rings. The van der Waals surface area contributed by atoms with E-state index < -0.39 is 0 Å². The smallest absolute Gasteiger partial charge is 0.233 e. The summed E-state index contributed by atoms with van der Waals surface area (Å²) in [5.74, 6) is 1.40. The quantitative estimate of drug-likeness (QED) is 0.746. The van der Waals surface area contributed by atoms with Crippen LogP contribution in [0.15, 0.2) is 59.0 Å². The van der Waals surface area contributed by atoms with E-state index in [1.54, 1.807) is 7.11 Å². The van der Waals surface area contributed by atoms with Gasteiger partial charge in [-0.3, -0.25) is 0 Å². The van der Waals surface area contributed by atoms with Crippen LogP contribution in [0.5, 0.6) is 5.75 Å². The van der Waals surface area contributed by atoms with Crippen molar-refractivity contribution >= 4 is 5.88 Å². The predicted molar refractivity (Wildman–Crippen MR) is 91.8 cm³/mol. The molecular formula is C19H17N3O2. The Bertz CT molecular complexity index is 851. The van der Waals surface area contributed by atoms with Crippen LogP contribution in [-0.2, 0) is 6.42 Å². The summed E-state index contributed by atoms with van der Waals surface area (Å²) in [6.45, 7) is 0.652.